The summed E-state index contributed by atoms with van der Waals surface area (Å²) in [6.07, 6.45) is -0.115. The normalized spacial score (nSPS) is 18.0. The van der Waals surface area contributed by atoms with Gasteiger partial charge < -0.3 is 5.32 Å². The number of aliphatic imine (C=N–C) groups is 1. The van der Waals surface area contributed by atoms with Crippen LogP contribution in [0, 0.1) is 10.1 Å². The van der Waals surface area contributed by atoms with Gasteiger partial charge >= 0.3 is 0 Å². The van der Waals surface area contributed by atoms with Crippen molar-refractivity contribution in [3.8, 4) is 0 Å². The third-order valence-electron chi connectivity index (χ3n) is 4.33. The van der Waals surface area contributed by atoms with Gasteiger partial charge in [-0.05, 0) is 39.0 Å². The summed E-state index contributed by atoms with van der Waals surface area (Å²) in [7, 11) is 0. The Morgan fingerprint density at radius 3 is 2.43 bits per heavy atom. The summed E-state index contributed by atoms with van der Waals surface area (Å²) in [6, 6.07) is 15.2. The van der Waals surface area contributed by atoms with Gasteiger partial charge in [0.1, 0.15) is 10.9 Å². The maximum absolute atomic E-state index is 13.1. The first kappa shape index (κ1) is 21.5. The van der Waals surface area contributed by atoms with Crippen LogP contribution < -0.4 is 5.32 Å². The van der Waals surface area contributed by atoms with Crippen LogP contribution in [0.5, 0.6) is 0 Å². The Morgan fingerprint density at radius 2 is 1.80 bits per heavy atom. The van der Waals surface area contributed by atoms with Crippen molar-refractivity contribution >= 4 is 45.8 Å². The lowest BCUT2D eigenvalue weighted by atomic mass is 10.1. The highest BCUT2D eigenvalue weighted by molar-refractivity contribution is 8.15. The Balaban J connectivity index is 1.80. The zero-order valence-corrected chi connectivity index (χ0v) is 17.7. The number of hydrogen-bond donors (Lipinski definition) is 1. The number of benzene rings is 2. The van der Waals surface area contributed by atoms with Gasteiger partial charge in [-0.2, -0.15) is 0 Å². The van der Waals surface area contributed by atoms with Crippen LogP contribution in [-0.4, -0.2) is 37.6 Å². The van der Waals surface area contributed by atoms with Crippen molar-refractivity contribution in [2.75, 3.05) is 5.32 Å². The molecule has 156 valence electrons. The molecule has 0 aliphatic carbocycles. The summed E-state index contributed by atoms with van der Waals surface area (Å²) in [5.41, 5.74) is 0.112. The van der Waals surface area contributed by atoms with Gasteiger partial charge in [-0.1, -0.05) is 42.1 Å². The number of anilines is 1. The molecule has 0 saturated carbocycles. The van der Waals surface area contributed by atoms with Crippen molar-refractivity contribution in [2.24, 2.45) is 4.99 Å². The average molecular weight is 426 g/mol. The molecule has 30 heavy (non-hydrogen) atoms. The van der Waals surface area contributed by atoms with Gasteiger partial charge in [0.2, 0.25) is 11.8 Å². The molecule has 1 saturated heterocycles. The maximum atomic E-state index is 13.1. The van der Waals surface area contributed by atoms with Crippen molar-refractivity contribution in [2.45, 2.75) is 38.0 Å². The highest BCUT2D eigenvalue weighted by Gasteiger charge is 2.44. The van der Waals surface area contributed by atoms with Crippen molar-refractivity contribution in [3.05, 3.63) is 64.7 Å². The Kier molecular flexibility index (Phi) is 6.21. The SMILES string of the molecule is CC(C)(C)N1C(=O)C(CC(=O)Nc2ccccc2[N+](=O)[O-])SC1=Nc1ccccc1. The maximum Gasteiger partial charge on any atom is 0.292 e. The zero-order chi connectivity index (χ0) is 21.9. The summed E-state index contributed by atoms with van der Waals surface area (Å²) in [6.45, 7) is 5.71. The molecule has 1 N–H and O–H groups in total. The van der Waals surface area contributed by atoms with Crippen LogP contribution >= 0.6 is 11.8 Å². The lowest BCUT2D eigenvalue weighted by molar-refractivity contribution is -0.383. The molecule has 0 bridgehead atoms. The summed E-state index contributed by atoms with van der Waals surface area (Å²) in [5.74, 6) is -0.676. The number of amides is 2. The second-order valence-corrected chi connectivity index (χ2v) is 8.88. The molecular weight excluding hydrogens is 404 g/mol. The van der Waals surface area contributed by atoms with Crippen LogP contribution in [0.25, 0.3) is 0 Å². The minimum Gasteiger partial charge on any atom is -0.320 e. The van der Waals surface area contributed by atoms with E-state index in [-0.39, 0.29) is 23.7 Å². The number of amidine groups is 1. The number of carbonyl (C=O) groups excluding carboxylic acids is 2. The molecule has 9 heteroatoms. The third-order valence-corrected chi connectivity index (χ3v) is 5.47. The van der Waals surface area contributed by atoms with E-state index in [4.69, 9.17) is 0 Å². The van der Waals surface area contributed by atoms with E-state index in [0.717, 1.165) is 0 Å². The lowest BCUT2D eigenvalue weighted by Gasteiger charge is -2.31. The Morgan fingerprint density at radius 1 is 1.17 bits per heavy atom. The van der Waals surface area contributed by atoms with Crippen molar-refractivity contribution in [1.82, 2.24) is 4.90 Å². The first-order valence-electron chi connectivity index (χ1n) is 9.34. The van der Waals surface area contributed by atoms with Gasteiger partial charge in [0.25, 0.3) is 5.69 Å². The van der Waals surface area contributed by atoms with E-state index in [1.165, 1.54) is 30.0 Å². The Hall–Kier alpha value is -3.20. The van der Waals surface area contributed by atoms with E-state index >= 15 is 0 Å². The van der Waals surface area contributed by atoms with E-state index in [2.05, 4.69) is 10.3 Å². The number of para-hydroxylation sites is 3. The molecule has 1 fully saturated rings. The molecule has 2 aromatic rings. The van der Waals surface area contributed by atoms with Crippen LogP contribution in [0.2, 0.25) is 0 Å². The molecule has 1 aliphatic heterocycles. The molecule has 0 spiro atoms. The molecule has 1 unspecified atom stereocenters. The second kappa shape index (κ2) is 8.66. The van der Waals surface area contributed by atoms with E-state index in [0.29, 0.717) is 10.9 Å². The summed E-state index contributed by atoms with van der Waals surface area (Å²) in [5, 5.41) is 13.6. The van der Waals surface area contributed by atoms with Crippen molar-refractivity contribution in [1.29, 1.82) is 0 Å². The molecule has 8 nitrogen and oxygen atoms in total. The fourth-order valence-electron chi connectivity index (χ4n) is 3.01. The van der Waals surface area contributed by atoms with Gasteiger partial charge in [0.15, 0.2) is 5.17 Å². The first-order chi connectivity index (χ1) is 14.2. The second-order valence-electron chi connectivity index (χ2n) is 7.71. The van der Waals surface area contributed by atoms with Gasteiger partial charge in [0.05, 0.1) is 10.6 Å². The van der Waals surface area contributed by atoms with E-state index in [9.17, 15) is 19.7 Å². The quantitative estimate of drug-likeness (QED) is 0.565. The monoisotopic (exact) mass is 426 g/mol. The number of rotatable bonds is 5. The summed E-state index contributed by atoms with van der Waals surface area (Å²) < 4.78 is 0. The predicted octanol–water partition coefficient (Wildman–Crippen LogP) is 4.35. The largest absolute Gasteiger partial charge is 0.320 e. The third kappa shape index (κ3) is 4.85. The number of nitro groups is 1. The van der Waals surface area contributed by atoms with Crippen LogP contribution in [0.4, 0.5) is 17.1 Å². The standard InChI is InChI=1S/C21H22N4O4S/c1-21(2,3)24-19(27)17(30-20(24)22-14-9-5-4-6-10-14)13-18(26)23-15-11-7-8-12-16(15)25(28)29/h4-12,17H,13H2,1-3H3,(H,23,26). The molecule has 0 radical (unpaired) electrons. The topological polar surface area (TPSA) is 105 Å². The number of nitrogens with one attached hydrogen (secondary N) is 1. The zero-order valence-electron chi connectivity index (χ0n) is 16.9. The van der Waals surface area contributed by atoms with E-state index in [1.54, 1.807) is 11.0 Å². The number of carbonyl (C=O) groups is 2. The van der Waals surface area contributed by atoms with Crippen LogP contribution in [-0.2, 0) is 9.59 Å². The number of nitro benzene ring substituents is 1. The molecule has 1 heterocycles. The first-order valence-corrected chi connectivity index (χ1v) is 10.2. The molecule has 2 aromatic carbocycles. The Labute approximate surface area is 178 Å². The highest BCUT2D eigenvalue weighted by atomic mass is 32.2. The molecule has 0 aromatic heterocycles. The smallest absolute Gasteiger partial charge is 0.292 e. The number of hydrogen-bond acceptors (Lipinski definition) is 6. The highest BCUT2D eigenvalue weighted by Crippen LogP contribution is 2.36. The van der Waals surface area contributed by atoms with Crippen molar-refractivity contribution < 1.29 is 14.5 Å². The van der Waals surface area contributed by atoms with Gasteiger partial charge in [-0.3, -0.25) is 24.6 Å². The van der Waals surface area contributed by atoms with E-state index in [1.807, 2.05) is 51.1 Å². The lowest BCUT2D eigenvalue weighted by Crippen LogP contribution is -2.46. The summed E-state index contributed by atoms with van der Waals surface area (Å²) >= 11 is 1.23. The molecule has 3 rings (SSSR count). The number of nitrogens with zero attached hydrogens (tertiary/aromatic N) is 3. The minimum absolute atomic E-state index is 0.105. The fourth-order valence-corrected chi connectivity index (χ4v) is 4.34. The molecular formula is C21H22N4O4S. The fraction of sp³-hybridized carbons (Fsp3) is 0.286. The number of thioether (sulfide) groups is 1. The molecule has 1 aliphatic rings. The van der Waals surface area contributed by atoms with Crippen LogP contribution in [0.3, 0.4) is 0 Å². The van der Waals surface area contributed by atoms with Crippen LogP contribution in [0.1, 0.15) is 27.2 Å². The van der Waals surface area contributed by atoms with Gasteiger partial charge in [-0.15, -0.1) is 0 Å². The molecule has 2 amide bonds. The van der Waals surface area contributed by atoms with Gasteiger partial charge in [-0.25, -0.2) is 4.99 Å². The van der Waals surface area contributed by atoms with E-state index < -0.39 is 21.6 Å². The van der Waals surface area contributed by atoms with Crippen LogP contribution in [0.15, 0.2) is 59.6 Å². The molecule has 1 atom stereocenters. The van der Waals surface area contributed by atoms with Gasteiger partial charge in [0, 0.05) is 18.0 Å². The van der Waals surface area contributed by atoms with Crippen molar-refractivity contribution in [3.63, 3.8) is 0 Å². The predicted molar refractivity (Wildman–Crippen MR) is 118 cm³/mol. The Bertz CT molecular complexity index is 1000. The minimum atomic E-state index is -0.658. The average Bonchev–Trinajstić information content (AvgIpc) is 2.97. The summed E-state index contributed by atoms with van der Waals surface area (Å²) in [4.78, 5) is 42.4.